The summed E-state index contributed by atoms with van der Waals surface area (Å²) in [6.07, 6.45) is 8.41. The van der Waals surface area contributed by atoms with Crippen molar-refractivity contribution in [2.24, 2.45) is 5.92 Å². The molecule has 0 bridgehead atoms. The zero-order valence-corrected chi connectivity index (χ0v) is 11.0. The van der Waals surface area contributed by atoms with Crippen molar-refractivity contribution in [2.45, 2.75) is 64.5 Å². The van der Waals surface area contributed by atoms with Crippen LogP contribution >= 0.6 is 0 Å². The molecule has 0 radical (unpaired) electrons. The first kappa shape index (κ1) is 12.4. The molecule has 0 spiro atoms. The highest BCUT2D eigenvalue weighted by molar-refractivity contribution is 4.86. The number of rotatable bonds is 6. The van der Waals surface area contributed by atoms with Crippen LogP contribution in [0.5, 0.6) is 0 Å². The summed E-state index contributed by atoms with van der Waals surface area (Å²) in [6, 6.07) is 1.69. The van der Waals surface area contributed by atoms with Gasteiger partial charge < -0.3 is 5.32 Å². The number of hydrogen-bond donors (Lipinski definition) is 1. The number of nitrogens with zero attached hydrogens (tertiary/aromatic N) is 1. The van der Waals surface area contributed by atoms with Gasteiger partial charge in [0.25, 0.3) is 0 Å². The van der Waals surface area contributed by atoms with Gasteiger partial charge >= 0.3 is 0 Å². The van der Waals surface area contributed by atoms with Crippen LogP contribution in [0.4, 0.5) is 0 Å². The Balaban J connectivity index is 1.75. The van der Waals surface area contributed by atoms with Crippen LogP contribution in [0.25, 0.3) is 0 Å². The largest absolute Gasteiger partial charge is 0.312 e. The van der Waals surface area contributed by atoms with Crippen molar-refractivity contribution < 1.29 is 0 Å². The molecular formula is C14H28N2. The molecular weight excluding hydrogens is 196 g/mol. The van der Waals surface area contributed by atoms with Gasteiger partial charge in [0.2, 0.25) is 0 Å². The Labute approximate surface area is 101 Å². The summed E-state index contributed by atoms with van der Waals surface area (Å²) in [4.78, 5) is 2.74. The Morgan fingerprint density at radius 1 is 1.25 bits per heavy atom. The first-order chi connectivity index (χ1) is 7.79. The lowest BCUT2D eigenvalue weighted by Crippen LogP contribution is -2.47. The van der Waals surface area contributed by atoms with Gasteiger partial charge in [-0.15, -0.1) is 0 Å². The first-order valence-electron chi connectivity index (χ1n) is 7.27. The molecule has 2 unspecified atom stereocenters. The van der Waals surface area contributed by atoms with Gasteiger partial charge in [-0.3, -0.25) is 4.90 Å². The second kappa shape index (κ2) is 6.02. The fraction of sp³-hybridized carbons (Fsp3) is 1.00. The molecule has 2 heteroatoms. The molecule has 0 amide bonds. The summed E-state index contributed by atoms with van der Waals surface area (Å²) in [6.45, 7) is 8.59. The molecule has 2 rings (SSSR count). The Hall–Kier alpha value is -0.0800. The average molecular weight is 224 g/mol. The van der Waals surface area contributed by atoms with Gasteiger partial charge in [0.15, 0.2) is 0 Å². The summed E-state index contributed by atoms with van der Waals surface area (Å²) in [7, 11) is 0. The van der Waals surface area contributed by atoms with Crippen LogP contribution in [0, 0.1) is 5.92 Å². The van der Waals surface area contributed by atoms with E-state index in [2.05, 4.69) is 24.1 Å². The predicted molar refractivity (Wildman–Crippen MR) is 69.7 cm³/mol. The molecule has 1 aliphatic heterocycles. The highest BCUT2D eigenvalue weighted by Crippen LogP contribution is 2.22. The highest BCUT2D eigenvalue weighted by atomic mass is 15.2. The molecule has 0 aromatic heterocycles. The fourth-order valence-corrected chi connectivity index (χ4v) is 2.65. The third kappa shape index (κ3) is 3.74. The smallest absolute Gasteiger partial charge is 0.0220 e. The fourth-order valence-electron chi connectivity index (χ4n) is 2.65. The molecule has 1 N–H and O–H groups in total. The zero-order valence-electron chi connectivity index (χ0n) is 11.0. The van der Waals surface area contributed by atoms with Crippen LogP contribution in [0.15, 0.2) is 0 Å². The lowest BCUT2D eigenvalue weighted by molar-refractivity contribution is 0.125. The van der Waals surface area contributed by atoms with Crippen molar-refractivity contribution in [1.82, 2.24) is 10.2 Å². The van der Waals surface area contributed by atoms with Crippen molar-refractivity contribution in [3.05, 3.63) is 0 Å². The second-order valence-electron chi connectivity index (χ2n) is 5.84. The van der Waals surface area contributed by atoms with Gasteiger partial charge in [-0.1, -0.05) is 26.7 Å². The minimum absolute atomic E-state index is 0.823. The summed E-state index contributed by atoms with van der Waals surface area (Å²) in [5.74, 6) is 0.863. The van der Waals surface area contributed by atoms with Crippen molar-refractivity contribution in [3.8, 4) is 0 Å². The van der Waals surface area contributed by atoms with Crippen molar-refractivity contribution >= 4 is 0 Å². The van der Waals surface area contributed by atoms with Crippen LogP contribution in [0.2, 0.25) is 0 Å². The zero-order chi connectivity index (χ0) is 11.4. The van der Waals surface area contributed by atoms with Crippen LogP contribution in [0.3, 0.4) is 0 Å². The molecule has 16 heavy (non-hydrogen) atoms. The molecule has 1 saturated heterocycles. The molecule has 2 atom stereocenters. The Kier molecular flexibility index (Phi) is 4.66. The average Bonchev–Trinajstić information content (AvgIpc) is 3.11. The topological polar surface area (TPSA) is 15.3 Å². The van der Waals surface area contributed by atoms with E-state index < -0.39 is 0 Å². The minimum atomic E-state index is 0.823. The lowest BCUT2D eigenvalue weighted by atomic mass is 9.99. The molecule has 2 nitrogen and oxygen atoms in total. The van der Waals surface area contributed by atoms with Gasteiger partial charge in [0.1, 0.15) is 0 Å². The monoisotopic (exact) mass is 224 g/mol. The van der Waals surface area contributed by atoms with E-state index in [9.17, 15) is 0 Å². The van der Waals surface area contributed by atoms with E-state index in [1.54, 1.807) is 0 Å². The van der Waals surface area contributed by atoms with Crippen molar-refractivity contribution in [3.63, 3.8) is 0 Å². The second-order valence-corrected chi connectivity index (χ2v) is 5.84. The molecule has 94 valence electrons. The van der Waals surface area contributed by atoms with Gasteiger partial charge in [0, 0.05) is 25.2 Å². The Morgan fingerprint density at radius 2 is 2.06 bits per heavy atom. The standard InChI is InChI=1S/C14H28N2/c1-3-12(2)11-16-9-5-4-6-14(16)10-15-13-7-8-13/h12-15H,3-11H2,1-2H3. The molecule has 1 aliphatic carbocycles. The normalized spacial score (nSPS) is 29.2. The highest BCUT2D eigenvalue weighted by Gasteiger charge is 2.26. The summed E-state index contributed by atoms with van der Waals surface area (Å²) in [5.41, 5.74) is 0. The maximum absolute atomic E-state index is 3.71. The van der Waals surface area contributed by atoms with Crippen molar-refractivity contribution in [1.29, 1.82) is 0 Å². The van der Waals surface area contributed by atoms with Gasteiger partial charge in [-0.25, -0.2) is 0 Å². The maximum Gasteiger partial charge on any atom is 0.0220 e. The summed E-state index contributed by atoms with van der Waals surface area (Å²) < 4.78 is 0. The molecule has 0 aromatic carbocycles. The number of nitrogens with one attached hydrogen (secondary N) is 1. The maximum atomic E-state index is 3.71. The summed E-state index contributed by atoms with van der Waals surface area (Å²) in [5, 5.41) is 3.71. The molecule has 2 fully saturated rings. The van der Waals surface area contributed by atoms with E-state index in [1.807, 2.05) is 0 Å². The third-order valence-corrected chi connectivity index (χ3v) is 4.21. The first-order valence-corrected chi connectivity index (χ1v) is 7.27. The molecule has 1 saturated carbocycles. The van der Waals surface area contributed by atoms with E-state index in [0.29, 0.717) is 0 Å². The molecule has 1 heterocycles. The third-order valence-electron chi connectivity index (χ3n) is 4.21. The number of piperidine rings is 1. The van der Waals surface area contributed by atoms with Crippen molar-refractivity contribution in [2.75, 3.05) is 19.6 Å². The number of likely N-dealkylation sites (tertiary alicyclic amines) is 1. The SMILES string of the molecule is CCC(C)CN1CCCCC1CNC1CC1. The van der Waals surface area contributed by atoms with Gasteiger partial charge in [0.05, 0.1) is 0 Å². The number of hydrogen-bond acceptors (Lipinski definition) is 2. The van der Waals surface area contributed by atoms with Crippen LogP contribution in [-0.2, 0) is 0 Å². The molecule has 2 aliphatic rings. The van der Waals surface area contributed by atoms with Crippen LogP contribution < -0.4 is 5.32 Å². The van der Waals surface area contributed by atoms with Gasteiger partial charge in [-0.05, 0) is 38.1 Å². The molecule has 0 aromatic rings. The van der Waals surface area contributed by atoms with E-state index in [0.717, 1.165) is 18.0 Å². The predicted octanol–water partition coefficient (Wildman–Crippen LogP) is 2.64. The van der Waals surface area contributed by atoms with E-state index in [1.165, 1.54) is 58.2 Å². The van der Waals surface area contributed by atoms with E-state index >= 15 is 0 Å². The Bertz CT molecular complexity index is 201. The van der Waals surface area contributed by atoms with Gasteiger partial charge in [-0.2, -0.15) is 0 Å². The van der Waals surface area contributed by atoms with E-state index in [4.69, 9.17) is 0 Å². The lowest BCUT2D eigenvalue weighted by Gasteiger charge is -2.37. The van der Waals surface area contributed by atoms with E-state index in [-0.39, 0.29) is 0 Å². The summed E-state index contributed by atoms with van der Waals surface area (Å²) >= 11 is 0. The van der Waals surface area contributed by atoms with Crippen LogP contribution in [-0.4, -0.2) is 36.6 Å². The minimum Gasteiger partial charge on any atom is -0.312 e. The quantitative estimate of drug-likeness (QED) is 0.746. The van der Waals surface area contributed by atoms with Crippen LogP contribution in [0.1, 0.15) is 52.4 Å². The Morgan fingerprint density at radius 3 is 2.75 bits per heavy atom.